The van der Waals surface area contributed by atoms with E-state index in [1.165, 1.54) is 23.1 Å². The first-order valence-electron chi connectivity index (χ1n) is 14.4. The molecular weight excluding hydrogens is 672 g/mol. The molecular formula is C33H32F3N3O7S2. The number of thiazole rings is 1. The van der Waals surface area contributed by atoms with Gasteiger partial charge in [-0.25, -0.2) is 9.78 Å². The van der Waals surface area contributed by atoms with E-state index in [9.17, 15) is 27.9 Å². The number of carboxylic acids is 2. The molecule has 0 radical (unpaired) electrons. The van der Waals surface area contributed by atoms with Gasteiger partial charge in [0.2, 0.25) is 0 Å². The number of anilines is 2. The number of hydrogen-bond acceptors (Lipinski definition) is 9. The van der Waals surface area contributed by atoms with E-state index >= 15 is 0 Å². The predicted octanol–water partition coefficient (Wildman–Crippen LogP) is 7.16. The SMILES string of the molecule is COc1ccc(-c2sc(-c3ccc(SC(C)(C)C(=O)O)cc3)nc2C(=O)Nc2ccc(N3CCOCC3)cc2)cc1.O=C(O)C(F)(F)F. The van der Waals surface area contributed by atoms with Gasteiger partial charge in [-0.15, -0.1) is 23.1 Å². The maximum atomic E-state index is 13.6. The van der Waals surface area contributed by atoms with Gasteiger partial charge < -0.3 is 29.9 Å². The molecule has 1 saturated heterocycles. The Balaban J connectivity index is 0.000000671. The highest BCUT2D eigenvalue weighted by Crippen LogP contribution is 2.38. The van der Waals surface area contributed by atoms with Crippen LogP contribution in [0.2, 0.25) is 0 Å². The first kappa shape index (κ1) is 36.2. The maximum Gasteiger partial charge on any atom is 0.490 e. The standard InChI is InChI=1S/C31H31N3O5S2.C2HF3O2/c1-31(2,30(36)37)41-25-14-6-21(7-15-25)29-33-26(27(40-29)20-4-12-24(38-3)13-5-20)28(35)32-22-8-10-23(11-9-22)34-16-18-39-19-17-34;3-2(4,5)1(6)7/h4-15H,16-19H2,1-3H3,(H,32,35)(H,36,37);(H,6,7). The molecule has 254 valence electrons. The van der Waals surface area contributed by atoms with Gasteiger partial charge in [0.15, 0.2) is 0 Å². The highest BCUT2D eigenvalue weighted by Gasteiger charge is 2.38. The van der Waals surface area contributed by atoms with Crippen LogP contribution in [0.5, 0.6) is 5.75 Å². The summed E-state index contributed by atoms with van der Waals surface area (Å²) < 4.78 is 41.5. The van der Waals surface area contributed by atoms with Crippen molar-refractivity contribution in [2.75, 3.05) is 43.6 Å². The van der Waals surface area contributed by atoms with E-state index in [0.717, 1.165) is 45.4 Å². The van der Waals surface area contributed by atoms with Crippen molar-refractivity contribution in [1.29, 1.82) is 0 Å². The van der Waals surface area contributed by atoms with Crippen LogP contribution in [-0.4, -0.2) is 77.4 Å². The fraction of sp³-hybridized carbons (Fsp3) is 0.273. The lowest BCUT2D eigenvalue weighted by Gasteiger charge is -2.28. The van der Waals surface area contributed by atoms with Gasteiger partial charge in [-0.1, -0.05) is 12.1 Å². The lowest BCUT2D eigenvalue weighted by Crippen LogP contribution is -2.36. The van der Waals surface area contributed by atoms with Gasteiger partial charge in [0.1, 0.15) is 21.2 Å². The van der Waals surface area contributed by atoms with E-state index in [-0.39, 0.29) is 5.91 Å². The predicted molar refractivity (Wildman–Crippen MR) is 178 cm³/mol. The lowest BCUT2D eigenvalue weighted by atomic mass is 10.1. The average Bonchev–Trinajstić information content (AvgIpc) is 3.51. The van der Waals surface area contributed by atoms with Gasteiger partial charge in [-0.3, -0.25) is 9.59 Å². The van der Waals surface area contributed by atoms with Crippen LogP contribution in [0.4, 0.5) is 24.5 Å². The Morgan fingerprint density at radius 2 is 1.46 bits per heavy atom. The minimum Gasteiger partial charge on any atom is -0.497 e. The van der Waals surface area contributed by atoms with Gasteiger partial charge in [0.25, 0.3) is 5.91 Å². The molecule has 0 saturated carbocycles. The fourth-order valence-corrected chi connectivity index (χ4v) is 6.33. The van der Waals surface area contributed by atoms with E-state index in [4.69, 9.17) is 24.4 Å². The van der Waals surface area contributed by atoms with Crippen LogP contribution < -0.4 is 15.0 Å². The minimum atomic E-state index is -5.08. The number of morpholine rings is 1. The molecule has 1 aliphatic heterocycles. The van der Waals surface area contributed by atoms with E-state index in [1.807, 2.05) is 72.8 Å². The number of aliphatic carboxylic acids is 2. The number of ether oxygens (including phenoxy) is 2. The van der Waals surface area contributed by atoms with Crippen molar-refractivity contribution < 1.29 is 47.2 Å². The molecule has 0 atom stereocenters. The monoisotopic (exact) mass is 703 g/mol. The Morgan fingerprint density at radius 3 is 1.98 bits per heavy atom. The number of hydrogen-bond donors (Lipinski definition) is 3. The third kappa shape index (κ3) is 9.49. The second kappa shape index (κ2) is 15.5. The molecule has 0 bridgehead atoms. The molecule has 15 heteroatoms. The van der Waals surface area contributed by atoms with Crippen LogP contribution in [0, 0.1) is 0 Å². The van der Waals surface area contributed by atoms with Crippen LogP contribution in [0.15, 0.2) is 77.7 Å². The van der Waals surface area contributed by atoms with Crippen LogP contribution in [-0.2, 0) is 14.3 Å². The van der Waals surface area contributed by atoms with Gasteiger partial charge in [0, 0.05) is 34.9 Å². The largest absolute Gasteiger partial charge is 0.497 e. The Bertz CT molecular complexity index is 1720. The molecule has 48 heavy (non-hydrogen) atoms. The van der Waals surface area contributed by atoms with Crippen molar-refractivity contribution in [2.45, 2.75) is 29.7 Å². The first-order valence-corrected chi connectivity index (χ1v) is 16.0. The number of halogens is 3. The van der Waals surface area contributed by atoms with E-state index in [0.29, 0.717) is 29.6 Å². The van der Waals surface area contributed by atoms with Gasteiger partial charge in [0.05, 0.1) is 25.2 Å². The number of benzene rings is 3. The highest BCUT2D eigenvalue weighted by atomic mass is 32.2. The second-order valence-corrected chi connectivity index (χ2v) is 13.5. The summed E-state index contributed by atoms with van der Waals surface area (Å²) >= 11 is 2.71. The summed E-state index contributed by atoms with van der Waals surface area (Å²) in [6, 6.07) is 22.9. The van der Waals surface area contributed by atoms with Crippen LogP contribution in [0.25, 0.3) is 21.0 Å². The summed E-state index contributed by atoms with van der Waals surface area (Å²) in [6.07, 6.45) is -5.08. The Morgan fingerprint density at radius 1 is 0.896 bits per heavy atom. The minimum absolute atomic E-state index is 0.298. The van der Waals surface area contributed by atoms with Crippen molar-refractivity contribution >= 4 is 52.3 Å². The third-order valence-corrected chi connectivity index (χ3v) is 9.27. The smallest absolute Gasteiger partial charge is 0.490 e. The molecule has 10 nitrogen and oxygen atoms in total. The number of thioether (sulfide) groups is 1. The zero-order chi connectivity index (χ0) is 35.1. The van der Waals surface area contributed by atoms with E-state index in [2.05, 4.69) is 10.2 Å². The number of nitrogens with one attached hydrogen (secondary N) is 1. The van der Waals surface area contributed by atoms with Crippen LogP contribution in [0.3, 0.4) is 0 Å². The van der Waals surface area contributed by atoms with Gasteiger partial charge in [-0.2, -0.15) is 13.2 Å². The molecule has 0 unspecified atom stereocenters. The molecule has 5 rings (SSSR count). The molecule has 3 aromatic carbocycles. The number of carbonyl (C=O) groups is 3. The zero-order valence-corrected chi connectivity index (χ0v) is 27.7. The number of methoxy groups -OCH3 is 1. The van der Waals surface area contributed by atoms with E-state index < -0.39 is 22.9 Å². The number of aromatic nitrogens is 1. The van der Waals surface area contributed by atoms with Gasteiger partial charge >= 0.3 is 18.1 Å². The van der Waals surface area contributed by atoms with Crippen molar-refractivity contribution in [2.24, 2.45) is 0 Å². The van der Waals surface area contributed by atoms with Crippen LogP contribution >= 0.6 is 23.1 Å². The van der Waals surface area contributed by atoms with Crippen molar-refractivity contribution in [3.8, 4) is 26.8 Å². The number of carboxylic acid groups (broad SMARTS) is 2. The van der Waals surface area contributed by atoms with Crippen molar-refractivity contribution in [3.05, 3.63) is 78.5 Å². The summed E-state index contributed by atoms with van der Waals surface area (Å²) in [4.78, 5) is 42.6. The second-order valence-electron chi connectivity index (χ2n) is 10.8. The number of amides is 1. The molecule has 0 spiro atoms. The third-order valence-electron chi connectivity index (χ3n) is 6.93. The number of alkyl halides is 3. The summed E-state index contributed by atoms with van der Waals surface area (Å²) in [5, 5.41) is 20.3. The quantitative estimate of drug-likeness (QED) is 0.154. The maximum absolute atomic E-state index is 13.6. The summed E-state index contributed by atoms with van der Waals surface area (Å²) in [7, 11) is 1.61. The normalized spacial score (nSPS) is 13.2. The summed E-state index contributed by atoms with van der Waals surface area (Å²) in [6.45, 7) is 6.46. The van der Waals surface area contributed by atoms with Crippen molar-refractivity contribution in [3.63, 3.8) is 0 Å². The fourth-order valence-electron chi connectivity index (χ4n) is 4.31. The Labute approximate surface area is 282 Å². The topological polar surface area (TPSA) is 138 Å². The summed E-state index contributed by atoms with van der Waals surface area (Å²) in [5.74, 6) is -3.20. The van der Waals surface area contributed by atoms with Crippen molar-refractivity contribution in [1.82, 2.24) is 4.98 Å². The molecule has 1 amide bonds. The lowest BCUT2D eigenvalue weighted by molar-refractivity contribution is -0.192. The first-order chi connectivity index (χ1) is 22.7. The Hall–Kier alpha value is -4.60. The molecule has 1 aromatic heterocycles. The molecule has 0 aliphatic carbocycles. The molecule has 1 aliphatic rings. The summed E-state index contributed by atoms with van der Waals surface area (Å²) in [5.41, 5.74) is 3.81. The number of rotatable bonds is 9. The zero-order valence-electron chi connectivity index (χ0n) is 26.0. The molecule has 2 heterocycles. The average molecular weight is 704 g/mol. The van der Waals surface area contributed by atoms with Crippen LogP contribution in [0.1, 0.15) is 24.3 Å². The number of nitrogens with zero attached hydrogens (tertiary/aromatic N) is 2. The highest BCUT2D eigenvalue weighted by molar-refractivity contribution is 8.01. The van der Waals surface area contributed by atoms with Gasteiger partial charge in [-0.05, 0) is 80.1 Å². The van der Waals surface area contributed by atoms with E-state index in [1.54, 1.807) is 21.0 Å². The molecule has 3 N–H and O–H groups in total. The molecule has 1 fully saturated rings. The Kier molecular flexibility index (Phi) is 11.7. The molecule has 4 aromatic rings. The number of carbonyl (C=O) groups excluding carboxylic acids is 1.